The summed E-state index contributed by atoms with van der Waals surface area (Å²) in [5, 5.41) is 19.8. The van der Waals surface area contributed by atoms with Crippen LogP contribution in [0.3, 0.4) is 0 Å². The van der Waals surface area contributed by atoms with Gasteiger partial charge in [-0.1, -0.05) is 26.3 Å². The second-order valence-corrected chi connectivity index (χ2v) is 3.34. The maximum atomic E-state index is 9.88. The van der Waals surface area contributed by atoms with Crippen LogP contribution in [0.4, 0.5) is 0 Å². The smallest absolute Gasteiger partial charge is 0.212 e. The fraction of sp³-hybridized carbons (Fsp3) is 0.333. The van der Waals surface area contributed by atoms with Gasteiger partial charge in [-0.25, -0.2) is 0 Å². The first kappa shape index (κ1) is 17.2. The largest absolute Gasteiger partial charge is 0.870 e. The van der Waals surface area contributed by atoms with Gasteiger partial charge in [0.05, 0.1) is 0 Å². The lowest BCUT2D eigenvalue weighted by molar-refractivity contribution is -0.988. The second kappa shape index (κ2) is 8.01. The molecule has 0 aromatic rings. The van der Waals surface area contributed by atoms with Crippen molar-refractivity contribution in [3.8, 4) is 0 Å². The van der Waals surface area contributed by atoms with E-state index < -0.39 is 12.5 Å². The minimum atomic E-state index is -0.881. The summed E-state index contributed by atoms with van der Waals surface area (Å²) in [5.74, 6) is 0. The molecule has 0 radical (unpaired) electrons. The van der Waals surface area contributed by atoms with E-state index in [-0.39, 0.29) is 9.96 Å². The van der Waals surface area contributed by atoms with Gasteiger partial charge in [0.2, 0.25) is 12.5 Å². The lowest BCUT2D eigenvalue weighted by Crippen LogP contribution is -2.60. The molecule has 92 valence electrons. The molecule has 0 aromatic carbocycles. The Hall–Kier alpha value is -1.20. The third kappa shape index (κ3) is 3.43. The molecule has 0 aliphatic carbocycles. The van der Waals surface area contributed by atoms with Crippen molar-refractivity contribution in [1.82, 2.24) is 0 Å². The number of quaternary nitrogens is 1. The van der Waals surface area contributed by atoms with Crippen molar-refractivity contribution in [2.45, 2.75) is 12.5 Å². The number of aliphatic hydroxyl groups is 2. The van der Waals surface area contributed by atoms with Crippen molar-refractivity contribution in [2.24, 2.45) is 0 Å². The maximum absolute atomic E-state index is 9.88. The summed E-state index contributed by atoms with van der Waals surface area (Å²) in [5.41, 5.74) is 0. The first-order chi connectivity index (χ1) is 7.08. The predicted molar refractivity (Wildman–Crippen MR) is 64.7 cm³/mol. The normalized spacial score (nSPS) is 14.1. The minimum absolute atomic E-state index is 0. The summed E-state index contributed by atoms with van der Waals surface area (Å²) in [4.78, 5) is 0. The van der Waals surface area contributed by atoms with Gasteiger partial charge in [0.25, 0.3) is 0 Å². The molecule has 2 unspecified atom stereocenters. The van der Waals surface area contributed by atoms with Crippen LogP contribution >= 0.6 is 0 Å². The zero-order valence-corrected chi connectivity index (χ0v) is 9.50. The minimum Gasteiger partial charge on any atom is -0.870 e. The molecule has 4 heteroatoms. The Morgan fingerprint density at radius 3 is 1.38 bits per heavy atom. The summed E-state index contributed by atoms with van der Waals surface area (Å²) < 4.78 is -0.0139. The Labute approximate surface area is 97.0 Å². The number of nitrogens with zero attached hydrogens (tertiary/aromatic N) is 1. The number of hydrogen-bond acceptors (Lipinski definition) is 3. The molecule has 3 N–H and O–H groups in total. The van der Waals surface area contributed by atoms with E-state index in [4.69, 9.17) is 0 Å². The Morgan fingerprint density at radius 2 is 1.19 bits per heavy atom. The van der Waals surface area contributed by atoms with Crippen LogP contribution < -0.4 is 0 Å². The van der Waals surface area contributed by atoms with Crippen LogP contribution in [0.5, 0.6) is 0 Å². The fourth-order valence-corrected chi connectivity index (χ4v) is 1.56. The third-order valence-corrected chi connectivity index (χ3v) is 2.41. The molecule has 0 heterocycles. The molecule has 0 saturated heterocycles. The molecule has 2 atom stereocenters. The van der Waals surface area contributed by atoms with E-state index in [0.717, 1.165) is 0 Å². The van der Waals surface area contributed by atoms with E-state index in [1.807, 2.05) is 0 Å². The molecule has 0 amide bonds. The molecule has 0 saturated carbocycles. The first-order valence-corrected chi connectivity index (χ1v) is 4.78. The van der Waals surface area contributed by atoms with Gasteiger partial charge < -0.3 is 15.7 Å². The first-order valence-electron chi connectivity index (χ1n) is 4.78. The van der Waals surface area contributed by atoms with E-state index in [1.54, 1.807) is 12.2 Å². The van der Waals surface area contributed by atoms with Gasteiger partial charge in [0, 0.05) is 0 Å². The van der Waals surface area contributed by atoms with Crippen molar-refractivity contribution >= 4 is 0 Å². The number of rotatable bonds is 8. The molecular formula is C12H21NO3. The van der Waals surface area contributed by atoms with E-state index in [9.17, 15) is 10.2 Å². The highest BCUT2D eigenvalue weighted by atomic mass is 16.3. The highest BCUT2D eigenvalue weighted by Crippen LogP contribution is 2.18. The highest BCUT2D eigenvalue weighted by Gasteiger charge is 2.37. The maximum Gasteiger partial charge on any atom is 0.212 e. The zero-order chi connectivity index (χ0) is 11.9. The van der Waals surface area contributed by atoms with Crippen LogP contribution in [0.15, 0.2) is 50.6 Å². The topological polar surface area (TPSA) is 70.5 Å². The molecule has 16 heavy (non-hydrogen) atoms. The summed E-state index contributed by atoms with van der Waals surface area (Å²) in [7, 11) is 0. The van der Waals surface area contributed by atoms with Crippen molar-refractivity contribution < 1.29 is 20.2 Å². The Morgan fingerprint density at radius 1 is 0.875 bits per heavy atom. The van der Waals surface area contributed by atoms with Crippen LogP contribution in [0.25, 0.3) is 0 Å². The zero-order valence-electron chi connectivity index (χ0n) is 9.50. The molecule has 0 aliphatic heterocycles. The standard InChI is InChI=1S/C12H20NO2.H2O/c1-5-9-13(10-6-2,11(14)7-3)12(15)8-4;/h5-8,11-12,14-15H,1-4,9-10H2;1H2/q+1;/p-1. The lowest BCUT2D eigenvalue weighted by Gasteiger charge is -2.41. The van der Waals surface area contributed by atoms with Crippen LogP contribution in [-0.2, 0) is 0 Å². The van der Waals surface area contributed by atoms with Crippen molar-refractivity contribution in [2.75, 3.05) is 13.1 Å². The molecule has 4 nitrogen and oxygen atoms in total. The molecule has 0 rings (SSSR count). The van der Waals surface area contributed by atoms with E-state index >= 15 is 0 Å². The van der Waals surface area contributed by atoms with Crippen LogP contribution in [0.1, 0.15) is 0 Å². The second-order valence-electron chi connectivity index (χ2n) is 3.34. The van der Waals surface area contributed by atoms with Crippen LogP contribution in [0.2, 0.25) is 0 Å². The Kier molecular flexibility index (Phi) is 8.61. The van der Waals surface area contributed by atoms with Crippen molar-refractivity contribution in [3.05, 3.63) is 50.6 Å². The van der Waals surface area contributed by atoms with Gasteiger partial charge in [-0.3, -0.25) is 4.48 Å². The quantitative estimate of drug-likeness (QED) is 0.369. The van der Waals surface area contributed by atoms with Gasteiger partial charge in [0.15, 0.2) is 0 Å². The Balaban J connectivity index is 0. The van der Waals surface area contributed by atoms with Crippen LogP contribution in [0, 0.1) is 0 Å². The molecular weight excluding hydrogens is 206 g/mol. The van der Waals surface area contributed by atoms with E-state index in [2.05, 4.69) is 26.3 Å². The van der Waals surface area contributed by atoms with Gasteiger partial charge >= 0.3 is 0 Å². The van der Waals surface area contributed by atoms with Crippen LogP contribution in [-0.4, -0.2) is 45.7 Å². The SMILES string of the molecule is C=CC[N+](CC=C)(C(O)C=C)C(O)C=C.[OH-]. The van der Waals surface area contributed by atoms with Crippen molar-refractivity contribution in [1.29, 1.82) is 0 Å². The summed E-state index contributed by atoms with van der Waals surface area (Å²) >= 11 is 0. The number of aliphatic hydroxyl groups excluding tert-OH is 2. The summed E-state index contributed by atoms with van der Waals surface area (Å²) in [6, 6.07) is 0. The van der Waals surface area contributed by atoms with Gasteiger partial charge in [0.1, 0.15) is 13.1 Å². The predicted octanol–water partition coefficient (Wildman–Crippen LogP) is 1.01. The summed E-state index contributed by atoms with van der Waals surface area (Å²) in [6.07, 6.45) is 4.30. The molecule has 0 spiro atoms. The van der Waals surface area contributed by atoms with Crippen molar-refractivity contribution in [3.63, 3.8) is 0 Å². The third-order valence-electron chi connectivity index (χ3n) is 2.41. The lowest BCUT2D eigenvalue weighted by atomic mass is 10.2. The molecule has 0 fully saturated rings. The molecule has 0 aliphatic rings. The average Bonchev–Trinajstić information content (AvgIpc) is 2.26. The van der Waals surface area contributed by atoms with E-state index in [1.165, 1.54) is 12.2 Å². The highest BCUT2D eigenvalue weighted by molar-refractivity contribution is 4.84. The van der Waals surface area contributed by atoms with Gasteiger partial charge in [-0.15, -0.1) is 0 Å². The molecule has 0 aromatic heterocycles. The average molecular weight is 227 g/mol. The Bertz CT molecular complexity index is 225. The fourth-order valence-electron chi connectivity index (χ4n) is 1.56. The van der Waals surface area contributed by atoms with E-state index in [0.29, 0.717) is 13.1 Å². The van der Waals surface area contributed by atoms with Gasteiger partial charge in [-0.2, -0.15) is 0 Å². The summed E-state index contributed by atoms with van der Waals surface area (Å²) in [6.45, 7) is 15.1. The monoisotopic (exact) mass is 227 g/mol. The molecule has 0 bridgehead atoms. The van der Waals surface area contributed by atoms with Gasteiger partial charge in [-0.05, 0) is 24.3 Å². The number of hydrogen-bond donors (Lipinski definition) is 2.